The molecule has 4 amide bonds. The van der Waals surface area contributed by atoms with Crippen LogP contribution < -0.4 is 15.0 Å². The summed E-state index contributed by atoms with van der Waals surface area (Å²) in [4.78, 5) is 48.3. The first kappa shape index (κ1) is 21.3. The Hall–Kier alpha value is -3.43. The van der Waals surface area contributed by atoms with E-state index in [9.17, 15) is 23.6 Å². The summed E-state index contributed by atoms with van der Waals surface area (Å²) in [6, 6.07) is 6.29. The zero-order valence-electron chi connectivity index (χ0n) is 14.8. The summed E-state index contributed by atoms with van der Waals surface area (Å²) in [6.07, 6.45) is 1.13. The molecular weight excluding hydrogens is 442 g/mol. The maximum Gasteiger partial charge on any atom is 0.341 e. The maximum atomic E-state index is 13.5. The summed E-state index contributed by atoms with van der Waals surface area (Å²) in [6.45, 7) is -0.675. The van der Waals surface area contributed by atoms with Crippen molar-refractivity contribution in [1.82, 2.24) is 5.32 Å². The Balaban J connectivity index is 1.97. The number of barbiturate groups is 1. The van der Waals surface area contributed by atoms with Gasteiger partial charge in [0.15, 0.2) is 12.4 Å². The SMILES string of the molecule is O=C(O)COc1c(Cl)cc(/C=C2\C(=O)NC(=O)N(c3cccc(F)c3)C2=O)cc1Cl. The van der Waals surface area contributed by atoms with Gasteiger partial charge in [0, 0.05) is 0 Å². The van der Waals surface area contributed by atoms with Gasteiger partial charge in [0.25, 0.3) is 11.8 Å². The number of carbonyl (C=O) groups is 4. The summed E-state index contributed by atoms with van der Waals surface area (Å²) >= 11 is 12.1. The third-order valence-corrected chi connectivity index (χ3v) is 4.40. The molecule has 11 heteroatoms. The van der Waals surface area contributed by atoms with Crippen molar-refractivity contribution in [2.45, 2.75) is 0 Å². The molecule has 0 aliphatic carbocycles. The van der Waals surface area contributed by atoms with Crippen LogP contribution in [0.2, 0.25) is 10.0 Å². The van der Waals surface area contributed by atoms with Gasteiger partial charge >= 0.3 is 12.0 Å². The third-order valence-electron chi connectivity index (χ3n) is 3.84. The fraction of sp³-hybridized carbons (Fsp3) is 0.0526. The number of imide groups is 2. The molecule has 1 saturated heterocycles. The van der Waals surface area contributed by atoms with E-state index in [-0.39, 0.29) is 27.0 Å². The number of hydrogen-bond donors (Lipinski definition) is 2. The van der Waals surface area contributed by atoms with E-state index in [1.807, 2.05) is 5.32 Å². The molecular formula is C19H11Cl2FN2O6. The number of carbonyl (C=O) groups excluding carboxylic acids is 3. The van der Waals surface area contributed by atoms with Crippen LogP contribution in [0.4, 0.5) is 14.9 Å². The lowest BCUT2D eigenvalue weighted by Crippen LogP contribution is -2.54. The Kier molecular flexibility index (Phi) is 6.04. The number of urea groups is 1. The summed E-state index contributed by atoms with van der Waals surface area (Å²) in [5, 5.41) is 10.6. The number of nitrogens with one attached hydrogen (secondary N) is 1. The normalized spacial score (nSPS) is 15.4. The first-order valence-corrected chi connectivity index (χ1v) is 8.93. The van der Waals surface area contributed by atoms with Crippen molar-refractivity contribution >= 4 is 58.8 Å². The van der Waals surface area contributed by atoms with Crippen molar-refractivity contribution in [2.75, 3.05) is 11.5 Å². The lowest BCUT2D eigenvalue weighted by molar-refractivity contribution is -0.139. The maximum absolute atomic E-state index is 13.5. The summed E-state index contributed by atoms with van der Waals surface area (Å²) < 4.78 is 18.5. The number of benzene rings is 2. The van der Waals surface area contributed by atoms with Crippen LogP contribution in [-0.2, 0) is 14.4 Å². The molecule has 0 saturated carbocycles. The van der Waals surface area contributed by atoms with Crippen LogP contribution in [0.5, 0.6) is 5.75 Å². The number of carboxylic acids is 1. The van der Waals surface area contributed by atoms with Gasteiger partial charge in [-0.2, -0.15) is 0 Å². The smallest absolute Gasteiger partial charge is 0.341 e. The van der Waals surface area contributed by atoms with Crippen LogP contribution in [-0.4, -0.2) is 35.5 Å². The van der Waals surface area contributed by atoms with E-state index in [1.54, 1.807) is 0 Å². The third kappa shape index (κ3) is 4.42. The highest BCUT2D eigenvalue weighted by Crippen LogP contribution is 2.35. The number of nitrogens with zero attached hydrogens (tertiary/aromatic N) is 1. The number of anilines is 1. The minimum Gasteiger partial charge on any atom is -0.479 e. The molecule has 3 rings (SSSR count). The van der Waals surface area contributed by atoms with E-state index in [0.717, 1.165) is 18.2 Å². The Morgan fingerprint density at radius 3 is 2.43 bits per heavy atom. The second-order valence-corrected chi connectivity index (χ2v) is 6.75. The molecule has 0 radical (unpaired) electrons. The number of hydrogen-bond acceptors (Lipinski definition) is 5. The highest BCUT2D eigenvalue weighted by atomic mass is 35.5. The van der Waals surface area contributed by atoms with Gasteiger partial charge < -0.3 is 9.84 Å². The van der Waals surface area contributed by atoms with E-state index >= 15 is 0 Å². The highest BCUT2D eigenvalue weighted by molar-refractivity contribution is 6.40. The zero-order chi connectivity index (χ0) is 22.0. The van der Waals surface area contributed by atoms with Crippen LogP contribution >= 0.6 is 23.2 Å². The molecule has 2 N–H and O–H groups in total. The van der Waals surface area contributed by atoms with Crippen molar-refractivity contribution in [2.24, 2.45) is 0 Å². The largest absolute Gasteiger partial charge is 0.479 e. The number of aliphatic carboxylic acids is 1. The zero-order valence-corrected chi connectivity index (χ0v) is 16.3. The topological polar surface area (TPSA) is 113 Å². The van der Waals surface area contributed by atoms with Gasteiger partial charge in [-0.05, 0) is 42.0 Å². The molecule has 154 valence electrons. The Bertz CT molecular complexity index is 1090. The van der Waals surface area contributed by atoms with Gasteiger partial charge in [0.1, 0.15) is 11.4 Å². The molecule has 0 unspecified atom stereocenters. The average molecular weight is 453 g/mol. The Labute approximate surface area is 178 Å². The standard InChI is InChI=1S/C19H11Cl2FN2O6/c20-13-5-9(6-14(21)16(13)30-8-15(25)26)4-12-17(27)23-19(29)24(18(12)28)11-3-1-2-10(22)7-11/h1-7H,8H2,(H,25,26)(H,23,27,29)/b12-4+. The van der Waals surface area contributed by atoms with Crippen LogP contribution in [0.3, 0.4) is 0 Å². The Morgan fingerprint density at radius 2 is 1.83 bits per heavy atom. The molecule has 30 heavy (non-hydrogen) atoms. The molecule has 1 heterocycles. The molecule has 2 aromatic rings. The molecule has 0 spiro atoms. The van der Waals surface area contributed by atoms with Crippen LogP contribution in [0, 0.1) is 5.82 Å². The van der Waals surface area contributed by atoms with Crippen molar-refractivity contribution in [3.05, 3.63) is 63.4 Å². The molecule has 0 atom stereocenters. The van der Waals surface area contributed by atoms with Gasteiger partial charge in [-0.25, -0.2) is 18.9 Å². The monoisotopic (exact) mass is 452 g/mol. The minimum absolute atomic E-state index is 0.0580. The molecule has 8 nitrogen and oxygen atoms in total. The number of halogens is 3. The second kappa shape index (κ2) is 8.52. The molecule has 0 bridgehead atoms. The van der Waals surface area contributed by atoms with E-state index in [0.29, 0.717) is 4.90 Å². The minimum atomic E-state index is -1.24. The summed E-state index contributed by atoms with van der Waals surface area (Å²) in [5.74, 6) is -3.94. The van der Waals surface area contributed by atoms with E-state index in [1.165, 1.54) is 24.3 Å². The molecule has 0 aromatic heterocycles. The highest BCUT2D eigenvalue weighted by Gasteiger charge is 2.37. The molecule has 1 aliphatic rings. The molecule has 1 fully saturated rings. The van der Waals surface area contributed by atoms with Crippen LogP contribution in [0.25, 0.3) is 6.08 Å². The Morgan fingerprint density at radius 1 is 1.17 bits per heavy atom. The summed E-state index contributed by atoms with van der Waals surface area (Å²) in [7, 11) is 0. The summed E-state index contributed by atoms with van der Waals surface area (Å²) in [5.41, 5.74) is -0.283. The van der Waals surface area contributed by atoms with Crippen molar-refractivity contribution in [3.8, 4) is 5.75 Å². The van der Waals surface area contributed by atoms with Crippen LogP contribution in [0.1, 0.15) is 5.56 Å². The number of amides is 4. The fourth-order valence-electron chi connectivity index (χ4n) is 2.61. The predicted octanol–water partition coefficient (Wildman–Crippen LogP) is 3.26. The first-order chi connectivity index (χ1) is 14.2. The number of rotatable bonds is 5. The second-order valence-electron chi connectivity index (χ2n) is 5.93. The predicted molar refractivity (Wildman–Crippen MR) is 105 cm³/mol. The lowest BCUT2D eigenvalue weighted by atomic mass is 10.1. The van der Waals surface area contributed by atoms with Gasteiger partial charge in [-0.15, -0.1) is 0 Å². The number of ether oxygens (including phenoxy) is 1. The van der Waals surface area contributed by atoms with Crippen LogP contribution in [0.15, 0.2) is 42.0 Å². The van der Waals surface area contributed by atoms with Crippen molar-refractivity contribution in [3.63, 3.8) is 0 Å². The van der Waals surface area contributed by atoms with E-state index in [2.05, 4.69) is 0 Å². The lowest BCUT2D eigenvalue weighted by Gasteiger charge is -2.26. The van der Waals surface area contributed by atoms with Crippen molar-refractivity contribution < 1.29 is 33.4 Å². The molecule has 2 aromatic carbocycles. The van der Waals surface area contributed by atoms with Gasteiger partial charge in [-0.1, -0.05) is 29.3 Å². The van der Waals surface area contributed by atoms with Gasteiger partial charge in [-0.3, -0.25) is 14.9 Å². The fourth-order valence-corrected chi connectivity index (χ4v) is 3.22. The van der Waals surface area contributed by atoms with E-state index < -0.39 is 41.8 Å². The van der Waals surface area contributed by atoms with Gasteiger partial charge in [0.05, 0.1) is 15.7 Å². The average Bonchev–Trinajstić information content (AvgIpc) is 2.64. The van der Waals surface area contributed by atoms with Crippen molar-refractivity contribution in [1.29, 1.82) is 0 Å². The first-order valence-electron chi connectivity index (χ1n) is 8.18. The van der Waals surface area contributed by atoms with Gasteiger partial charge in [0.2, 0.25) is 0 Å². The molecule has 1 aliphatic heterocycles. The van der Waals surface area contributed by atoms with E-state index in [4.69, 9.17) is 33.0 Å². The quantitative estimate of drug-likeness (QED) is 0.531. The number of carboxylic acid groups (broad SMARTS) is 1.